The summed E-state index contributed by atoms with van der Waals surface area (Å²) in [5.74, 6) is 0.990. The van der Waals surface area contributed by atoms with Crippen molar-refractivity contribution in [2.24, 2.45) is 11.8 Å². The second-order valence-electron chi connectivity index (χ2n) is 9.34. The predicted octanol–water partition coefficient (Wildman–Crippen LogP) is 3.83. The van der Waals surface area contributed by atoms with Crippen LogP contribution >= 0.6 is 0 Å². The number of likely N-dealkylation sites (tertiary alicyclic amines) is 1. The van der Waals surface area contributed by atoms with Gasteiger partial charge in [0.2, 0.25) is 11.8 Å². The number of ether oxygens (including phenoxy) is 1. The first-order valence-corrected chi connectivity index (χ1v) is 12.0. The van der Waals surface area contributed by atoms with Gasteiger partial charge in [-0.25, -0.2) is 0 Å². The number of rotatable bonds is 6. The second-order valence-corrected chi connectivity index (χ2v) is 9.34. The topological polar surface area (TPSA) is 49.9 Å². The Kier molecular flexibility index (Phi) is 7.44. The summed E-state index contributed by atoms with van der Waals surface area (Å²) < 4.78 is 5.47. The molecule has 1 atom stereocenters. The first-order chi connectivity index (χ1) is 15.1. The first kappa shape index (κ1) is 22.1. The van der Waals surface area contributed by atoms with Crippen LogP contribution in [0.15, 0.2) is 42.0 Å². The van der Waals surface area contributed by atoms with Crippen molar-refractivity contribution < 1.29 is 14.3 Å². The molecule has 0 N–H and O–H groups in total. The molecular weight excluding hydrogens is 388 g/mol. The van der Waals surface area contributed by atoms with Gasteiger partial charge < -0.3 is 14.5 Å². The molecule has 31 heavy (non-hydrogen) atoms. The Morgan fingerprint density at radius 3 is 2.45 bits per heavy atom. The smallest absolute Gasteiger partial charge is 0.249 e. The van der Waals surface area contributed by atoms with E-state index in [1.807, 2.05) is 22.9 Å². The highest BCUT2D eigenvalue weighted by molar-refractivity contribution is 5.93. The van der Waals surface area contributed by atoms with E-state index in [9.17, 15) is 9.59 Å². The van der Waals surface area contributed by atoms with Crippen molar-refractivity contribution in [1.82, 2.24) is 9.80 Å². The van der Waals surface area contributed by atoms with Gasteiger partial charge >= 0.3 is 0 Å². The third kappa shape index (κ3) is 5.38. The fourth-order valence-electron chi connectivity index (χ4n) is 5.43. The molecule has 0 radical (unpaired) electrons. The number of hydrogen-bond donors (Lipinski definition) is 0. The molecule has 0 spiro atoms. The summed E-state index contributed by atoms with van der Waals surface area (Å²) >= 11 is 0. The Morgan fingerprint density at radius 2 is 1.81 bits per heavy atom. The van der Waals surface area contributed by atoms with Crippen molar-refractivity contribution in [1.29, 1.82) is 0 Å². The number of hydrogen-bond acceptors (Lipinski definition) is 3. The molecule has 5 heteroatoms. The number of benzene rings is 1. The Morgan fingerprint density at radius 1 is 1.10 bits per heavy atom. The van der Waals surface area contributed by atoms with E-state index in [1.165, 1.54) is 5.56 Å². The molecule has 2 amide bonds. The number of amides is 2. The van der Waals surface area contributed by atoms with Crippen molar-refractivity contribution in [3.63, 3.8) is 0 Å². The minimum absolute atomic E-state index is 0.0768. The SMILES string of the molecule is CN(C(=O)C1CCOCC1)C(Cc1ccccc1)C1CCN(C(=O)C2=CCCC2)CC1. The summed E-state index contributed by atoms with van der Waals surface area (Å²) in [6, 6.07) is 10.7. The predicted molar refractivity (Wildman–Crippen MR) is 121 cm³/mol. The minimum atomic E-state index is 0.0768. The van der Waals surface area contributed by atoms with E-state index in [1.54, 1.807) is 0 Å². The van der Waals surface area contributed by atoms with Crippen LogP contribution in [-0.2, 0) is 20.7 Å². The molecule has 5 nitrogen and oxygen atoms in total. The summed E-state index contributed by atoms with van der Waals surface area (Å²) in [7, 11) is 1.99. The van der Waals surface area contributed by atoms with E-state index in [0.29, 0.717) is 19.1 Å². The molecule has 1 aromatic rings. The fraction of sp³-hybridized carbons (Fsp3) is 0.615. The molecule has 2 heterocycles. The number of carbonyl (C=O) groups is 2. The van der Waals surface area contributed by atoms with Gasteiger partial charge in [-0.2, -0.15) is 0 Å². The summed E-state index contributed by atoms with van der Waals surface area (Å²) in [5.41, 5.74) is 2.28. The molecule has 0 saturated carbocycles. The van der Waals surface area contributed by atoms with E-state index in [2.05, 4.69) is 30.3 Å². The molecule has 4 rings (SSSR count). The van der Waals surface area contributed by atoms with Crippen molar-refractivity contribution in [2.45, 2.75) is 57.4 Å². The van der Waals surface area contributed by atoms with Gasteiger partial charge in [-0.1, -0.05) is 36.4 Å². The summed E-state index contributed by atoms with van der Waals surface area (Å²) in [5, 5.41) is 0. The molecule has 2 aliphatic heterocycles. The van der Waals surface area contributed by atoms with Crippen molar-refractivity contribution >= 4 is 11.8 Å². The third-order valence-corrected chi connectivity index (χ3v) is 7.39. The van der Waals surface area contributed by atoms with Gasteiger partial charge in [0.25, 0.3) is 0 Å². The fourth-order valence-corrected chi connectivity index (χ4v) is 5.43. The maximum Gasteiger partial charge on any atom is 0.249 e. The van der Waals surface area contributed by atoms with Crippen molar-refractivity contribution in [2.75, 3.05) is 33.4 Å². The van der Waals surface area contributed by atoms with E-state index in [0.717, 1.165) is 70.0 Å². The lowest BCUT2D eigenvalue weighted by Gasteiger charge is -2.41. The number of allylic oxidation sites excluding steroid dienone is 1. The summed E-state index contributed by atoms with van der Waals surface area (Å²) in [6.07, 6.45) is 9.63. The molecule has 1 aromatic carbocycles. The number of likely N-dealkylation sites (N-methyl/N-ethyl adjacent to an activating group) is 1. The standard InChI is InChI=1S/C26H36N2O3/c1-27(25(29)23-13-17-31-18-14-23)24(19-20-7-3-2-4-8-20)21-11-15-28(16-12-21)26(30)22-9-5-6-10-22/h2-4,7-9,21,23-24H,5-6,10-19H2,1H3. The molecular formula is C26H36N2O3. The molecule has 1 aliphatic carbocycles. The van der Waals surface area contributed by atoms with Crippen LogP contribution in [0, 0.1) is 11.8 Å². The van der Waals surface area contributed by atoms with Gasteiger partial charge in [-0.15, -0.1) is 0 Å². The highest BCUT2D eigenvalue weighted by atomic mass is 16.5. The maximum absolute atomic E-state index is 13.3. The Bertz CT molecular complexity index is 777. The Labute approximate surface area is 186 Å². The zero-order chi connectivity index (χ0) is 21.6. The monoisotopic (exact) mass is 424 g/mol. The normalized spacial score (nSPS) is 21.6. The first-order valence-electron chi connectivity index (χ1n) is 12.0. The van der Waals surface area contributed by atoms with Crippen LogP contribution in [0.25, 0.3) is 0 Å². The van der Waals surface area contributed by atoms with Crippen LogP contribution in [0.3, 0.4) is 0 Å². The quantitative estimate of drug-likeness (QED) is 0.697. The molecule has 2 fully saturated rings. The zero-order valence-corrected chi connectivity index (χ0v) is 18.8. The largest absolute Gasteiger partial charge is 0.381 e. The van der Waals surface area contributed by atoms with Crippen LogP contribution in [0.5, 0.6) is 0 Å². The average molecular weight is 425 g/mol. The molecule has 2 saturated heterocycles. The molecule has 1 unspecified atom stereocenters. The molecule has 0 aromatic heterocycles. The van der Waals surface area contributed by atoms with Crippen molar-refractivity contribution in [3.8, 4) is 0 Å². The number of nitrogens with zero attached hydrogens (tertiary/aromatic N) is 2. The van der Waals surface area contributed by atoms with Gasteiger partial charge in [0.15, 0.2) is 0 Å². The van der Waals surface area contributed by atoms with E-state index in [4.69, 9.17) is 4.74 Å². The average Bonchev–Trinajstić information content (AvgIpc) is 3.38. The van der Waals surface area contributed by atoms with Gasteiger partial charge in [0.05, 0.1) is 0 Å². The number of carbonyl (C=O) groups excluding carboxylic acids is 2. The minimum Gasteiger partial charge on any atom is -0.381 e. The van der Waals surface area contributed by atoms with E-state index in [-0.39, 0.29) is 23.8 Å². The zero-order valence-electron chi connectivity index (χ0n) is 18.8. The van der Waals surface area contributed by atoms with Crippen LogP contribution in [0.2, 0.25) is 0 Å². The van der Waals surface area contributed by atoms with Crippen LogP contribution in [-0.4, -0.2) is 61.0 Å². The van der Waals surface area contributed by atoms with E-state index >= 15 is 0 Å². The van der Waals surface area contributed by atoms with Gasteiger partial charge in [0.1, 0.15) is 0 Å². The lowest BCUT2D eigenvalue weighted by molar-refractivity contribution is -0.141. The van der Waals surface area contributed by atoms with Crippen molar-refractivity contribution in [3.05, 3.63) is 47.5 Å². The van der Waals surface area contributed by atoms with Crippen LogP contribution in [0.4, 0.5) is 0 Å². The van der Waals surface area contributed by atoms with E-state index < -0.39 is 0 Å². The van der Waals surface area contributed by atoms with Gasteiger partial charge in [0, 0.05) is 50.9 Å². The van der Waals surface area contributed by atoms with Gasteiger partial charge in [-0.3, -0.25) is 9.59 Å². The van der Waals surface area contributed by atoms with Crippen LogP contribution < -0.4 is 0 Å². The highest BCUT2D eigenvalue weighted by Crippen LogP contribution is 2.30. The molecule has 168 valence electrons. The lowest BCUT2D eigenvalue weighted by Crippen LogP contribution is -2.50. The second kappa shape index (κ2) is 10.4. The Hall–Kier alpha value is -2.14. The lowest BCUT2D eigenvalue weighted by atomic mass is 9.84. The summed E-state index contributed by atoms with van der Waals surface area (Å²) in [6.45, 7) is 2.96. The number of piperidine rings is 1. The molecule has 0 bridgehead atoms. The summed E-state index contributed by atoms with van der Waals surface area (Å²) in [4.78, 5) is 30.2. The third-order valence-electron chi connectivity index (χ3n) is 7.39. The van der Waals surface area contributed by atoms with Crippen LogP contribution in [0.1, 0.15) is 50.5 Å². The Balaban J connectivity index is 1.44. The maximum atomic E-state index is 13.3. The molecule has 3 aliphatic rings. The van der Waals surface area contributed by atoms with Gasteiger partial charge in [-0.05, 0) is 62.8 Å². The highest BCUT2D eigenvalue weighted by Gasteiger charge is 2.35.